The van der Waals surface area contributed by atoms with Crippen molar-refractivity contribution < 1.29 is 14.5 Å². The predicted octanol–water partition coefficient (Wildman–Crippen LogP) is 4.37. The smallest absolute Gasteiger partial charge is 0.269 e. The summed E-state index contributed by atoms with van der Waals surface area (Å²) in [6.07, 6.45) is 0. The quantitative estimate of drug-likeness (QED) is 0.169. The SMILES string of the molecule is O=C(Cn1nnnc1-c1ccccc1Oc1ccc(Cl)cc1Cl)NNC(=S)Nc1ccc([N+](=O)[O-])cc1. The third-order valence-corrected chi connectivity index (χ3v) is 5.45. The van der Waals surface area contributed by atoms with Gasteiger partial charge in [0.2, 0.25) is 0 Å². The molecule has 0 saturated carbocycles. The molecular weight excluding hydrogens is 543 g/mol. The Kier molecular flexibility index (Phi) is 8.08. The van der Waals surface area contributed by atoms with Crippen LogP contribution in [0.25, 0.3) is 11.4 Å². The minimum Gasteiger partial charge on any atom is -0.455 e. The van der Waals surface area contributed by atoms with Gasteiger partial charge in [0.1, 0.15) is 18.0 Å². The summed E-state index contributed by atoms with van der Waals surface area (Å²) in [6.45, 7) is -0.245. The Bertz CT molecular complexity index is 1470. The molecule has 4 rings (SSSR count). The summed E-state index contributed by atoms with van der Waals surface area (Å²) in [5.41, 5.74) is 5.95. The van der Waals surface area contributed by atoms with E-state index in [0.29, 0.717) is 32.8 Å². The Labute approximate surface area is 224 Å². The van der Waals surface area contributed by atoms with Gasteiger partial charge in [-0.1, -0.05) is 35.3 Å². The van der Waals surface area contributed by atoms with Crippen LogP contribution in [0.2, 0.25) is 10.0 Å². The van der Waals surface area contributed by atoms with Crippen LogP contribution in [0.4, 0.5) is 11.4 Å². The van der Waals surface area contributed by atoms with Gasteiger partial charge in [0.15, 0.2) is 10.9 Å². The van der Waals surface area contributed by atoms with Crippen molar-refractivity contribution in [2.75, 3.05) is 5.32 Å². The Morgan fingerprint density at radius 1 is 1.05 bits per heavy atom. The first-order valence-electron chi connectivity index (χ1n) is 10.4. The minimum atomic E-state index is -0.509. The maximum Gasteiger partial charge on any atom is 0.269 e. The molecule has 37 heavy (non-hydrogen) atoms. The lowest BCUT2D eigenvalue weighted by atomic mass is 10.2. The number of hydrogen-bond acceptors (Lipinski definition) is 8. The first kappa shape index (κ1) is 25.8. The number of benzene rings is 3. The molecular formula is C22H16Cl2N8O4S. The van der Waals surface area contributed by atoms with Gasteiger partial charge in [0, 0.05) is 22.8 Å². The maximum absolute atomic E-state index is 12.5. The van der Waals surface area contributed by atoms with E-state index in [4.69, 9.17) is 40.2 Å². The van der Waals surface area contributed by atoms with Crippen molar-refractivity contribution >= 4 is 57.8 Å². The molecule has 1 aromatic heterocycles. The van der Waals surface area contributed by atoms with Gasteiger partial charge < -0.3 is 10.1 Å². The fraction of sp³-hybridized carbons (Fsp3) is 0.0455. The molecule has 1 amide bonds. The third-order valence-electron chi connectivity index (χ3n) is 4.72. The molecule has 3 aromatic carbocycles. The van der Waals surface area contributed by atoms with Gasteiger partial charge in [-0.2, -0.15) is 0 Å². The largest absolute Gasteiger partial charge is 0.455 e. The van der Waals surface area contributed by atoms with Crippen molar-refractivity contribution in [1.29, 1.82) is 0 Å². The molecule has 0 saturated heterocycles. The monoisotopic (exact) mass is 558 g/mol. The van der Waals surface area contributed by atoms with E-state index >= 15 is 0 Å². The molecule has 0 unspecified atom stereocenters. The minimum absolute atomic E-state index is 0.0572. The molecule has 12 nitrogen and oxygen atoms in total. The second kappa shape index (κ2) is 11.6. The van der Waals surface area contributed by atoms with E-state index < -0.39 is 10.8 Å². The Balaban J connectivity index is 1.39. The normalized spacial score (nSPS) is 10.4. The van der Waals surface area contributed by atoms with E-state index in [2.05, 4.69) is 31.7 Å². The maximum atomic E-state index is 12.5. The zero-order valence-electron chi connectivity index (χ0n) is 18.6. The van der Waals surface area contributed by atoms with E-state index in [1.807, 2.05) is 0 Å². The molecule has 188 valence electrons. The Hall–Kier alpha value is -4.33. The number of nitro benzene ring substituents is 1. The summed E-state index contributed by atoms with van der Waals surface area (Å²) < 4.78 is 7.25. The van der Waals surface area contributed by atoms with Crippen LogP contribution in [0, 0.1) is 10.1 Å². The van der Waals surface area contributed by atoms with E-state index in [1.54, 1.807) is 42.5 Å². The number of carbonyl (C=O) groups excluding carboxylic acids is 1. The number of nitrogens with zero attached hydrogens (tertiary/aromatic N) is 5. The topological polar surface area (TPSA) is 149 Å². The zero-order chi connectivity index (χ0) is 26.4. The average molecular weight is 559 g/mol. The lowest BCUT2D eigenvalue weighted by Gasteiger charge is -2.13. The molecule has 1 heterocycles. The Morgan fingerprint density at radius 3 is 2.54 bits per heavy atom. The molecule has 4 aromatic rings. The van der Waals surface area contributed by atoms with Crippen LogP contribution in [0.5, 0.6) is 11.5 Å². The summed E-state index contributed by atoms with van der Waals surface area (Å²) in [7, 11) is 0. The molecule has 0 fully saturated rings. The van der Waals surface area contributed by atoms with Gasteiger partial charge in [-0.15, -0.1) is 5.10 Å². The average Bonchev–Trinajstić information content (AvgIpc) is 3.33. The highest BCUT2D eigenvalue weighted by molar-refractivity contribution is 7.80. The van der Waals surface area contributed by atoms with Crippen molar-refractivity contribution in [3.8, 4) is 22.9 Å². The van der Waals surface area contributed by atoms with Crippen LogP contribution in [-0.2, 0) is 11.3 Å². The number of ether oxygens (including phenoxy) is 1. The number of carbonyl (C=O) groups is 1. The van der Waals surface area contributed by atoms with E-state index in [1.165, 1.54) is 28.9 Å². The number of aromatic nitrogens is 4. The van der Waals surface area contributed by atoms with E-state index in [9.17, 15) is 14.9 Å². The van der Waals surface area contributed by atoms with E-state index in [-0.39, 0.29) is 23.2 Å². The summed E-state index contributed by atoms with van der Waals surface area (Å²) in [5, 5.41) is 26.0. The molecule has 0 aliphatic carbocycles. The van der Waals surface area contributed by atoms with Gasteiger partial charge in [-0.3, -0.25) is 25.8 Å². The lowest BCUT2D eigenvalue weighted by molar-refractivity contribution is -0.384. The number of amides is 1. The number of halogens is 2. The molecule has 15 heteroatoms. The number of hydrogen-bond donors (Lipinski definition) is 3. The molecule has 0 bridgehead atoms. The molecule has 0 aliphatic heterocycles. The van der Waals surface area contributed by atoms with Crippen LogP contribution in [0.15, 0.2) is 66.7 Å². The highest BCUT2D eigenvalue weighted by Crippen LogP contribution is 2.36. The number of tetrazole rings is 1. The fourth-order valence-electron chi connectivity index (χ4n) is 3.05. The van der Waals surface area contributed by atoms with Crippen LogP contribution >= 0.6 is 35.4 Å². The predicted molar refractivity (Wildman–Crippen MR) is 140 cm³/mol. The summed E-state index contributed by atoms with van der Waals surface area (Å²) in [4.78, 5) is 22.7. The highest BCUT2D eigenvalue weighted by atomic mass is 35.5. The summed E-state index contributed by atoms with van der Waals surface area (Å²) in [5.74, 6) is 0.575. The van der Waals surface area contributed by atoms with Crippen LogP contribution in [-0.4, -0.2) is 36.2 Å². The molecule has 0 atom stereocenters. The van der Waals surface area contributed by atoms with Crippen LogP contribution in [0.3, 0.4) is 0 Å². The number of anilines is 1. The zero-order valence-corrected chi connectivity index (χ0v) is 20.9. The molecule has 0 radical (unpaired) electrons. The first-order chi connectivity index (χ1) is 17.8. The highest BCUT2D eigenvalue weighted by Gasteiger charge is 2.17. The molecule has 0 aliphatic rings. The van der Waals surface area contributed by atoms with Gasteiger partial charge in [-0.05, 0) is 65.1 Å². The number of hydrazine groups is 1. The van der Waals surface area contributed by atoms with Crippen LogP contribution < -0.4 is 20.9 Å². The second-order valence-corrected chi connectivity index (χ2v) is 8.52. The van der Waals surface area contributed by atoms with Crippen molar-refractivity contribution in [2.24, 2.45) is 0 Å². The van der Waals surface area contributed by atoms with Gasteiger partial charge in [0.05, 0.1) is 15.5 Å². The number of nitrogens with one attached hydrogen (secondary N) is 3. The van der Waals surface area contributed by atoms with Crippen molar-refractivity contribution in [3.63, 3.8) is 0 Å². The van der Waals surface area contributed by atoms with Gasteiger partial charge in [-0.25, -0.2) is 4.68 Å². The summed E-state index contributed by atoms with van der Waals surface area (Å²) in [6, 6.07) is 17.4. The van der Waals surface area contributed by atoms with Crippen LogP contribution in [0.1, 0.15) is 0 Å². The van der Waals surface area contributed by atoms with Gasteiger partial charge >= 0.3 is 0 Å². The number of nitro groups is 1. The van der Waals surface area contributed by atoms with Crippen molar-refractivity contribution in [3.05, 3.63) is 86.9 Å². The van der Waals surface area contributed by atoms with Gasteiger partial charge in [0.25, 0.3) is 11.6 Å². The van der Waals surface area contributed by atoms with Crippen molar-refractivity contribution in [2.45, 2.75) is 6.54 Å². The number of para-hydroxylation sites is 1. The first-order valence-corrected chi connectivity index (χ1v) is 11.6. The fourth-order valence-corrected chi connectivity index (χ4v) is 3.67. The lowest BCUT2D eigenvalue weighted by Crippen LogP contribution is -2.45. The number of thiocarbonyl (C=S) groups is 1. The Morgan fingerprint density at radius 2 is 1.81 bits per heavy atom. The van der Waals surface area contributed by atoms with Crippen molar-refractivity contribution in [1.82, 2.24) is 31.1 Å². The van der Waals surface area contributed by atoms with E-state index in [0.717, 1.165) is 0 Å². The third kappa shape index (κ3) is 6.67. The molecule has 0 spiro atoms. The number of rotatable bonds is 7. The molecule has 3 N–H and O–H groups in total. The second-order valence-electron chi connectivity index (χ2n) is 7.26. The number of non-ortho nitro benzene ring substituents is 1. The summed E-state index contributed by atoms with van der Waals surface area (Å²) >= 11 is 17.3. The standard InChI is InChI=1S/C22H16Cl2N8O4S/c23-13-5-10-19(17(24)11-13)36-18-4-2-1-3-16(18)21-27-29-30-31(21)12-20(33)26-28-22(37)25-14-6-8-15(9-7-14)32(34)35/h1-11H,12H2,(H,26,33)(H2,25,28,37).